The molecule has 0 radical (unpaired) electrons. The summed E-state index contributed by atoms with van der Waals surface area (Å²) in [6.07, 6.45) is 8.23. The molecule has 1 saturated heterocycles. The van der Waals surface area contributed by atoms with Gasteiger partial charge in [-0.15, -0.1) is 0 Å². The summed E-state index contributed by atoms with van der Waals surface area (Å²) >= 11 is 0. The normalized spacial score (nSPS) is 17.2. The van der Waals surface area contributed by atoms with E-state index in [1.807, 2.05) is 41.2 Å². The van der Waals surface area contributed by atoms with Gasteiger partial charge in [0.1, 0.15) is 5.82 Å². The lowest BCUT2D eigenvalue weighted by Gasteiger charge is -2.15. The molecule has 26 heavy (non-hydrogen) atoms. The largest absolute Gasteiger partial charge is 0.343 e. The highest BCUT2D eigenvalue weighted by Crippen LogP contribution is 2.24. The fraction of sp³-hybridized carbons (Fsp3) is 0.350. The van der Waals surface area contributed by atoms with Gasteiger partial charge in [0.2, 0.25) is 5.91 Å². The van der Waals surface area contributed by atoms with Crippen LogP contribution in [0.2, 0.25) is 0 Å². The van der Waals surface area contributed by atoms with Gasteiger partial charge in [0.25, 0.3) is 0 Å². The highest BCUT2D eigenvalue weighted by Gasteiger charge is 2.28. The van der Waals surface area contributed by atoms with Crippen LogP contribution in [0.15, 0.2) is 55.1 Å². The molecular weight excluding hydrogens is 326 g/mol. The van der Waals surface area contributed by atoms with E-state index >= 15 is 0 Å². The maximum atomic E-state index is 12.0. The van der Waals surface area contributed by atoms with Gasteiger partial charge in [-0.05, 0) is 24.6 Å². The summed E-state index contributed by atoms with van der Waals surface area (Å²) in [5.74, 6) is 1.57. The quantitative estimate of drug-likeness (QED) is 0.687. The first-order valence-corrected chi connectivity index (χ1v) is 9.08. The lowest BCUT2D eigenvalue weighted by Crippen LogP contribution is -2.25. The lowest BCUT2D eigenvalue weighted by molar-refractivity contribution is -0.127. The Morgan fingerprint density at radius 2 is 2.12 bits per heavy atom. The van der Waals surface area contributed by atoms with Gasteiger partial charge in [-0.3, -0.25) is 9.48 Å². The Bertz CT molecular complexity index is 883. The second kappa shape index (κ2) is 7.15. The van der Waals surface area contributed by atoms with Gasteiger partial charge in [-0.1, -0.05) is 18.2 Å². The van der Waals surface area contributed by atoms with Crippen LogP contribution in [0, 0.1) is 5.92 Å². The van der Waals surface area contributed by atoms with Crippen molar-refractivity contribution < 1.29 is 4.79 Å². The molecule has 0 N–H and O–H groups in total. The van der Waals surface area contributed by atoms with Gasteiger partial charge < -0.3 is 9.47 Å². The van der Waals surface area contributed by atoms with Crippen LogP contribution < -0.4 is 0 Å². The van der Waals surface area contributed by atoms with Crippen molar-refractivity contribution in [1.82, 2.24) is 24.2 Å². The number of carbonyl (C=O) groups excluding carboxylic acids is 1. The van der Waals surface area contributed by atoms with Crippen LogP contribution in [-0.2, 0) is 17.9 Å². The predicted molar refractivity (Wildman–Crippen MR) is 99.4 cm³/mol. The first-order valence-electron chi connectivity index (χ1n) is 9.08. The Hall–Kier alpha value is -2.89. The number of rotatable bonds is 6. The highest BCUT2D eigenvalue weighted by atomic mass is 16.2. The molecule has 6 heteroatoms. The van der Waals surface area contributed by atoms with Gasteiger partial charge in [-0.25, -0.2) is 4.98 Å². The van der Waals surface area contributed by atoms with Crippen molar-refractivity contribution in [3.63, 3.8) is 0 Å². The van der Waals surface area contributed by atoms with Crippen molar-refractivity contribution in [3.8, 4) is 11.4 Å². The average molecular weight is 349 g/mol. The van der Waals surface area contributed by atoms with Crippen molar-refractivity contribution in [2.24, 2.45) is 5.92 Å². The standard InChI is InChI=1S/C20H23N5O/c1-2-23-13-17(12-19(23)26)14-24-10-8-21-20(24)18-6-3-5-16(11-18)15-25-9-4-7-22-25/h3-11,17H,2,12-15H2,1H3. The fourth-order valence-electron chi connectivity index (χ4n) is 3.67. The van der Waals surface area contributed by atoms with Crippen LogP contribution in [0.4, 0.5) is 0 Å². The molecular formula is C20H23N5O. The summed E-state index contributed by atoms with van der Waals surface area (Å²) < 4.78 is 4.08. The monoisotopic (exact) mass is 349 g/mol. The van der Waals surface area contributed by atoms with Crippen LogP contribution in [0.5, 0.6) is 0 Å². The van der Waals surface area contributed by atoms with Gasteiger partial charge in [-0.2, -0.15) is 5.10 Å². The second-order valence-electron chi connectivity index (χ2n) is 6.81. The summed E-state index contributed by atoms with van der Waals surface area (Å²) in [5.41, 5.74) is 2.28. The molecule has 0 aliphatic carbocycles. The maximum absolute atomic E-state index is 12.0. The number of hydrogen-bond acceptors (Lipinski definition) is 3. The molecule has 1 atom stereocenters. The topological polar surface area (TPSA) is 56.0 Å². The van der Waals surface area contributed by atoms with E-state index in [0.29, 0.717) is 12.3 Å². The molecule has 3 heterocycles. The Labute approximate surface area is 153 Å². The predicted octanol–water partition coefficient (Wildman–Crippen LogP) is 2.66. The smallest absolute Gasteiger partial charge is 0.222 e. The Balaban J connectivity index is 1.52. The number of amides is 1. The molecule has 1 aliphatic heterocycles. The number of benzene rings is 1. The number of likely N-dealkylation sites (tertiary alicyclic amines) is 1. The number of aromatic nitrogens is 4. The third kappa shape index (κ3) is 3.40. The Kier molecular flexibility index (Phi) is 4.56. The molecule has 1 unspecified atom stereocenters. The van der Waals surface area contributed by atoms with Crippen LogP contribution in [0.3, 0.4) is 0 Å². The molecule has 0 bridgehead atoms. The minimum Gasteiger partial charge on any atom is -0.343 e. The van der Waals surface area contributed by atoms with E-state index in [-0.39, 0.29) is 5.91 Å². The SMILES string of the molecule is CCN1CC(Cn2ccnc2-c2cccc(Cn3cccn3)c2)CC1=O. The molecule has 6 nitrogen and oxygen atoms in total. The van der Waals surface area contributed by atoms with E-state index in [2.05, 4.69) is 38.9 Å². The third-order valence-electron chi connectivity index (χ3n) is 4.94. The Morgan fingerprint density at radius 3 is 2.88 bits per heavy atom. The van der Waals surface area contributed by atoms with Crippen molar-refractivity contribution >= 4 is 5.91 Å². The van der Waals surface area contributed by atoms with Crippen LogP contribution in [0.1, 0.15) is 18.9 Å². The molecule has 0 spiro atoms. The van der Waals surface area contributed by atoms with Gasteiger partial charge in [0.05, 0.1) is 6.54 Å². The lowest BCUT2D eigenvalue weighted by atomic mass is 10.1. The minimum atomic E-state index is 0.264. The van der Waals surface area contributed by atoms with E-state index in [0.717, 1.165) is 37.6 Å². The first-order chi connectivity index (χ1) is 12.7. The van der Waals surface area contributed by atoms with E-state index in [9.17, 15) is 4.79 Å². The van der Waals surface area contributed by atoms with Crippen LogP contribution in [0.25, 0.3) is 11.4 Å². The first kappa shape index (κ1) is 16.6. The molecule has 2 aromatic heterocycles. The third-order valence-corrected chi connectivity index (χ3v) is 4.94. The van der Waals surface area contributed by atoms with E-state index in [4.69, 9.17) is 0 Å². The molecule has 1 aromatic carbocycles. The van der Waals surface area contributed by atoms with Gasteiger partial charge in [0, 0.05) is 62.3 Å². The summed E-state index contributed by atoms with van der Waals surface area (Å²) in [4.78, 5) is 18.5. The minimum absolute atomic E-state index is 0.264. The number of hydrogen-bond donors (Lipinski definition) is 0. The molecule has 4 rings (SSSR count). The molecule has 0 saturated carbocycles. The van der Waals surface area contributed by atoms with E-state index < -0.39 is 0 Å². The van der Waals surface area contributed by atoms with Crippen LogP contribution >= 0.6 is 0 Å². The zero-order chi connectivity index (χ0) is 17.9. The van der Waals surface area contributed by atoms with Crippen LogP contribution in [-0.4, -0.2) is 43.2 Å². The molecule has 134 valence electrons. The molecule has 3 aromatic rings. The molecule has 1 amide bonds. The highest BCUT2D eigenvalue weighted by molar-refractivity contribution is 5.78. The van der Waals surface area contributed by atoms with E-state index in [1.54, 1.807) is 6.20 Å². The molecule has 1 aliphatic rings. The van der Waals surface area contributed by atoms with E-state index in [1.165, 1.54) is 5.56 Å². The zero-order valence-corrected chi connectivity index (χ0v) is 15.0. The summed E-state index contributed by atoms with van der Waals surface area (Å²) in [6.45, 7) is 5.23. The zero-order valence-electron chi connectivity index (χ0n) is 15.0. The summed E-state index contributed by atoms with van der Waals surface area (Å²) in [6, 6.07) is 10.3. The Morgan fingerprint density at radius 1 is 1.19 bits per heavy atom. The fourth-order valence-corrected chi connectivity index (χ4v) is 3.67. The summed E-state index contributed by atoms with van der Waals surface area (Å²) in [7, 11) is 0. The van der Waals surface area contributed by atoms with Crippen molar-refractivity contribution in [2.75, 3.05) is 13.1 Å². The van der Waals surface area contributed by atoms with Crippen molar-refractivity contribution in [1.29, 1.82) is 0 Å². The number of nitrogens with zero attached hydrogens (tertiary/aromatic N) is 5. The maximum Gasteiger partial charge on any atom is 0.222 e. The van der Waals surface area contributed by atoms with Crippen molar-refractivity contribution in [3.05, 3.63) is 60.7 Å². The average Bonchev–Trinajstić information content (AvgIpc) is 3.37. The summed E-state index contributed by atoms with van der Waals surface area (Å²) in [5, 5.41) is 4.27. The van der Waals surface area contributed by atoms with Gasteiger partial charge >= 0.3 is 0 Å². The second-order valence-corrected chi connectivity index (χ2v) is 6.81. The van der Waals surface area contributed by atoms with Gasteiger partial charge in [0.15, 0.2) is 0 Å². The number of imidazole rings is 1. The molecule has 1 fully saturated rings. The number of carbonyl (C=O) groups is 1. The van der Waals surface area contributed by atoms with Crippen molar-refractivity contribution in [2.45, 2.75) is 26.4 Å².